The number of hydrogen-bond donors (Lipinski definition) is 2. The molecule has 0 aromatic heterocycles. The molecule has 0 spiro atoms. The van der Waals surface area contributed by atoms with Crippen molar-refractivity contribution in [2.45, 2.75) is 6.92 Å². The lowest BCUT2D eigenvalue weighted by Crippen LogP contribution is -2.15. The van der Waals surface area contributed by atoms with Gasteiger partial charge in [0.15, 0.2) is 12.4 Å². The van der Waals surface area contributed by atoms with E-state index in [1.807, 2.05) is 0 Å². The minimum absolute atomic E-state index is 0.109. The molecule has 0 saturated carbocycles. The topological polar surface area (TPSA) is 119 Å². The lowest BCUT2D eigenvalue weighted by Gasteiger charge is -2.08. The summed E-state index contributed by atoms with van der Waals surface area (Å²) in [5, 5.41) is 2.58. The number of benzene rings is 2. The van der Waals surface area contributed by atoms with Crippen LogP contribution < -0.4 is 10.0 Å². The summed E-state index contributed by atoms with van der Waals surface area (Å²) in [6, 6.07) is 11.9. The highest BCUT2D eigenvalue weighted by atomic mass is 32.2. The summed E-state index contributed by atoms with van der Waals surface area (Å²) in [7, 11) is -3.48. The van der Waals surface area contributed by atoms with E-state index in [1.54, 1.807) is 12.1 Å². The fraction of sp³-hybridized carbons (Fsp3) is 0.167. The standard InChI is InChI=1S/C18H18N2O6S/c1-12(21)19-15-8-6-13(7-9-15)17(22)11-26-18(23)14-4-3-5-16(10-14)20-27(2,24)25/h3-10,20H,11H2,1-2H3,(H,19,21). The molecule has 27 heavy (non-hydrogen) atoms. The van der Waals surface area contributed by atoms with Crippen LogP contribution in [0.25, 0.3) is 0 Å². The quantitative estimate of drug-likeness (QED) is 0.552. The summed E-state index contributed by atoms with van der Waals surface area (Å²) in [6.45, 7) is 0.904. The number of sulfonamides is 1. The molecule has 142 valence electrons. The van der Waals surface area contributed by atoms with Gasteiger partial charge >= 0.3 is 5.97 Å². The molecule has 9 heteroatoms. The van der Waals surface area contributed by atoms with E-state index >= 15 is 0 Å². The van der Waals surface area contributed by atoms with Gasteiger partial charge in [-0.1, -0.05) is 6.07 Å². The molecule has 0 radical (unpaired) electrons. The Morgan fingerprint density at radius 2 is 1.63 bits per heavy atom. The second kappa shape index (κ2) is 8.45. The molecule has 2 rings (SSSR count). The average molecular weight is 390 g/mol. The van der Waals surface area contributed by atoms with Gasteiger partial charge in [0.25, 0.3) is 0 Å². The van der Waals surface area contributed by atoms with Gasteiger partial charge in [-0.05, 0) is 42.5 Å². The third kappa shape index (κ3) is 6.55. The number of carbonyl (C=O) groups is 3. The lowest BCUT2D eigenvalue weighted by molar-refractivity contribution is -0.114. The van der Waals surface area contributed by atoms with Crippen LogP contribution in [-0.4, -0.2) is 38.9 Å². The second-order valence-electron chi connectivity index (χ2n) is 5.71. The van der Waals surface area contributed by atoms with Gasteiger partial charge in [-0.25, -0.2) is 13.2 Å². The molecule has 0 bridgehead atoms. The zero-order chi connectivity index (χ0) is 20.0. The van der Waals surface area contributed by atoms with Crippen LogP contribution in [0, 0.1) is 0 Å². The largest absolute Gasteiger partial charge is 0.454 e. The van der Waals surface area contributed by atoms with E-state index < -0.39 is 28.4 Å². The second-order valence-corrected chi connectivity index (χ2v) is 7.46. The first kappa shape index (κ1) is 20.1. The van der Waals surface area contributed by atoms with Crippen LogP contribution in [0.4, 0.5) is 11.4 Å². The third-order valence-corrected chi connectivity index (χ3v) is 3.87. The number of ketones is 1. The fourth-order valence-corrected chi connectivity index (χ4v) is 2.72. The Bertz CT molecular complexity index is 968. The van der Waals surface area contributed by atoms with Crippen molar-refractivity contribution in [3.05, 3.63) is 59.7 Å². The number of Topliss-reactive ketones (excluding diaryl/α,β-unsaturated/α-hetero) is 1. The van der Waals surface area contributed by atoms with E-state index in [9.17, 15) is 22.8 Å². The Balaban J connectivity index is 1.97. The number of nitrogens with one attached hydrogen (secondary N) is 2. The molecule has 2 aromatic rings. The monoisotopic (exact) mass is 390 g/mol. The van der Waals surface area contributed by atoms with Gasteiger partial charge in [-0.2, -0.15) is 0 Å². The lowest BCUT2D eigenvalue weighted by atomic mass is 10.1. The zero-order valence-corrected chi connectivity index (χ0v) is 15.5. The number of rotatable bonds is 7. The normalized spacial score (nSPS) is 10.7. The van der Waals surface area contributed by atoms with Gasteiger partial charge in [0.05, 0.1) is 11.8 Å². The molecule has 0 heterocycles. The first-order valence-electron chi connectivity index (χ1n) is 7.80. The minimum atomic E-state index is -3.48. The first-order chi connectivity index (χ1) is 12.6. The molecule has 1 amide bonds. The SMILES string of the molecule is CC(=O)Nc1ccc(C(=O)COC(=O)c2cccc(NS(C)(=O)=O)c2)cc1. The molecular formula is C18H18N2O6S. The van der Waals surface area contributed by atoms with Gasteiger partial charge in [0.1, 0.15) is 0 Å². The van der Waals surface area contributed by atoms with E-state index in [2.05, 4.69) is 10.0 Å². The Labute approximate surface area is 156 Å². The maximum Gasteiger partial charge on any atom is 0.338 e. The van der Waals surface area contributed by atoms with E-state index in [0.717, 1.165) is 6.26 Å². The predicted octanol–water partition coefficient (Wildman–Crippen LogP) is 2.06. The number of hydrogen-bond acceptors (Lipinski definition) is 6. The van der Waals surface area contributed by atoms with Crippen LogP contribution in [0.5, 0.6) is 0 Å². The third-order valence-electron chi connectivity index (χ3n) is 3.26. The summed E-state index contributed by atoms with van der Waals surface area (Å²) >= 11 is 0. The van der Waals surface area contributed by atoms with E-state index in [1.165, 1.54) is 43.3 Å². The van der Waals surface area contributed by atoms with Gasteiger partial charge < -0.3 is 10.1 Å². The van der Waals surface area contributed by atoms with Crippen molar-refractivity contribution in [1.82, 2.24) is 0 Å². The smallest absolute Gasteiger partial charge is 0.338 e. The van der Waals surface area contributed by atoms with Crippen molar-refractivity contribution in [1.29, 1.82) is 0 Å². The maximum atomic E-state index is 12.1. The highest BCUT2D eigenvalue weighted by Crippen LogP contribution is 2.14. The molecule has 2 N–H and O–H groups in total. The molecule has 0 aliphatic rings. The average Bonchev–Trinajstić information content (AvgIpc) is 2.58. The fourth-order valence-electron chi connectivity index (χ4n) is 2.16. The number of esters is 1. The van der Waals surface area contributed by atoms with Gasteiger partial charge in [0, 0.05) is 23.9 Å². The highest BCUT2D eigenvalue weighted by Gasteiger charge is 2.13. The number of ether oxygens (including phenoxy) is 1. The van der Waals surface area contributed by atoms with E-state index in [4.69, 9.17) is 4.74 Å². The summed E-state index contributed by atoms with van der Waals surface area (Å²) in [5.41, 5.74) is 1.19. The Hall–Kier alpha value is -3.20. The van der Waals surface area contributed by atoms with Crippen molar-refractivity contribution >= 4 is 39.1 Å². The highest BCUT2D eigenvalue weighted by molar-refractivity contribution is 7.92. The van der Waals surface area contributed by atoms with Crippen molar-refractivity contribution in [2.75, 3.05) is 22.9 Å². The molecule has 2 aromatic carbocycles. The summed E-state index contributed by atoms with van der Waals surface area (Å²) in [5.74, 6) is -1.39. The van der Waals surface area contributed by atoms with Crippen molar-refractivity contribution in [3.8, 4) is 0 Å². The van der Waals surface area contributed by atoms with Gasteiger partial charge in [0.2, 0.25) is 15.9 Å². The van der Waals surface area contributed by atoms with Crippen LogP contribution in [0.1, 0.15) is 27.6 Å². The first-order valence-corrected chi connectivity index (χ1v) is 9.69. The van der Waals surface area contributed by atoms with Crippen LogP contribution in [0.15, 0.2) is 48.5 Å². The molecule has 0 unspecified atom stereocenters. The predicted molar refractivity (Wildman–Crippen MR) is 100 cm³/mol. The Morgan fingerprint density at radius 3 is 2.22 bits per heavy atom. The van der Waals surface area contributed by atoms with Crippen LogP contribution >= 0.6 is 0 Å². The van der Waals surface area contributed by atoms with E-state index in [-0.39, 0.29) is 17.2 Å². The Kier molecular flexibility index (Phi) is 6.30. The van der Waals surface area contributed by atoms with Crippen molar-refractivity contribution in [3.63, 3.8) is 0 Å². The molecule has 0 aliphatic heterocycles. The van der Waals surface area contributed by atoms with Crippen molar-refractivity contribution in [2.24, 2.45) is 0 Å². The Morgan fingerprint density at radius 1 is 0.963 bits per heavy atom. The molecule has 0 fully saturated rings. The number of amides is 1. The molecule has 0 atom stereocenters. The van der Waals surface area contributed by atoms with Crippen LogP contribution in [0.2, 0.25) is 0 Å². The summed E-state index contributed by atoms with van der Waals surface area (Å²) < 4.78 is 29.7. The summed E-state index contributed by atoms with van der Waals surface area (Å²) in [6.07, 6.45) is 0.994. The molecular weight excluding hydrogens is 372 g/mol. The molecule has 0 aliphatic carbocycles. The summed E-state index contributed by atoms with van der Waals surface area (Å²) in [4.78, 5) is 35.2. The van der Waals surface area contributed by atoms with Crippen LogP contribution in [-0.2, 0) is 19.6 Å². The minimum Gasteiger partial charge on any atom is -0.454 e. The number of anilines is 2. The maximum absolute atomic E-state index is 12.1. The van der Waals surface area contributed by atoms with Gasteiger partial charge in [-0.15, -0.1) is 0 Å². The molecule has 8 nitrogen and oxygen atoms in total. The number of carbonyl (C=O) groups excluding carboxylic acids is 3. The zero-order valence-electron chi connectivity index (χ0n) is 14.7. The molecule has 0 saturated heterocycles. The van der Waals surface area contributed by atoms with Gasteiger partial charge in [-0.3, -0.25) is 14.3 Å². The van der Waals surface area contributed by atoms with Crippen molar-refractivity contribution < 1.29 is 27.5 Å². The van der Waals surface area contributed by atoms with E-state index in [0.29, 0.717) is 11.3 Å². The van der Waals surface area contributed by atoms with Crippen LogP contribution in [0.3, 0.4) is 0 Å².